The summed E-state index contributed by atoms with van der Waals surface area (Å²) in [5.41, 5.74) is 17.7. The van der Waals surface area contributed by atoms with E-state index >= 15 is 0 Å². The van der Waals surface area contributed by atoms with Crippen molar-refractivity contribution in [3.05, 3.63) is 168 Å². The summed E-state index contributed by atoms with van der Waals surface area (Å²) in [5, 5.41) is 0. The Bertz CT molecular complexity index is 1860. The lowest BCUT2D eigenvalue weighted by Gasteiger charge is -2.23. The Kier molecular flexibility index (Phi) is 9.21. The SMILES string of the molecule is Cc1cc(C)c(Cc2ccc(C(c3ccc(Cc4c(C)cc(C)cc4C)c(C)c3)c3ccccc3S(=O)(=O)O)cc2C)c(C)c1. The van der Waals surface area contributed by atoms with Crippen molar-refractivity contribution >= 4 is 10.1 Å². The van der Waals surface area contributed by atoms with Gasteiger partial charge in [0.15, 0.2) is 0 Å². The summed E-state index contributed by atoms with van der Waals surface area (Å²) in [6.07, 6.45) is 1.67. The van der Waals surface area contributed by atoms with Crippen molar-refractivity contribution < 1.29 is 13.0 Å². The first kappa shape index (κ1) is 32.4. The van der Waals surface area contributed by atoms with Crippen LogP contribution in [0.3, 0.4) is 0 Å². The molecule has 0 fully saturated rings. The topological polar surface area (TPSA) is 54.4 Å². The Balaban J connectivity index is 1.60. The van der Waals surface area contributed by atoms with E-state index in [4.69, 9.17) is 0 Å². The van der Waals surface area contributed by atoms with Crippen molar-refractivity contribution in [2.24, 2.45) is 0 Å². The van der Waals surface area contributed by atoms with Crippen LogP contribution >= 0.6 is 0 Å². The summed E-state index contributed by atoms with van der Waals surface area (Å²) in [6, 6.07) is 28.7. The first-order chi connectivity index (χ1) is 21.2. The molecule has 0 aliphatic rings. The third-order valence-corrected chi connectivity index (χ3v) is 10.3. The van der Waals surface area contributed by atoms with Crippen LogP contribution < -0.4 is 0 Å². The third kappa shape index (κ3) is 6.98. The molecule has 0 amide bonds. The maximum Gasteiger partial charge on any atom is 0.294 e. The van der Waals surface area contributed by atoms with Gasteiger partial charge in [-0.05, 0) is 147 Å². The molecule has 5 rings (SSSR count). The number of rotatable bonds is 8. The number of aryl methyl sites for hydroxylation is 8. The largest absolute Gasteiger partial charge is 0.294 e. The average Bonchev–Trinajstić information content (AvgIpc) is 2.94. The van der Waals surface area contributed by atoms with Gasteiger partial charge in [-0.1, -0.05) is 90.0 Å². The van der Waals surface area contributed by atoms with Gasteiger partial charge in [0, 0.05) is 5.92 Å². The molecule has 0 bridgehead atoms. The van der Waals surface area contributed by atoms with Crippen LogP contribution in [0.15, 0.2) is 89.8 Å². The molecule has 0 aromatic heterocycles. The van der Waals surface area contributed by atoms with Gasteiger partial charge < -0.3 is 0 Å². The van der Waals surface area contributed by atoms with Gasteiger partial charge in [0.1, 0.15) is 0 Å². The number of hydrogen-bond acceptors (Lipinski definition) is 2. The molecule has 232 valence electrons. The van der Waals surface area contributed by atoms with Crippen LogP contribution in [0, 0.1) is 55.4 Å². The molecule has 0 saturated heterocycles. The van der Waals surface area contributed by atoms with Gasteiger partial charge in [-0.2, -0.15) is 8.42 Å². The van der Waals surface area contributed by atoms with Gasteiger partial charge >= 0.3 is 0 Å². The predicted molar refractivity (Wildman–Crippen MR) is 186 cm³/mol. The molecule has 0 aliphatic carbocycles. The van der Waals surface area contributed by atoms with Crippen LogP contribution in [0.2, 0.25) is 0 Å². The first-order valence-electron chi connectivity index (χ1n) is 15.6. The predicted octanol–water partition coefficient (Wildman–Crippen LogP) is 9.76. The quantitative estimate of drug-likeness (QED) is 0.139. The van der Waals surface area contributed by atoms with Gasteiger partial charge in [-0.15, -0.1) is 0 Å². The Morgan fingerprint density at radius 2 is 0.933 bits per heavy atom. The van der Waals surface area contributed by atoms with Gasteiger partial charge in [0.25, 0.3) is 10.1 Å². The molecule has 0 aliphatic heterocycles. The van der Waals surface area contributed by atoms with Gasteiger partial charge in [-0.3, -0.25) is 4.55 Å². The average molecular weight is 617 g/mol. The fraction of sp³-hybridized carbons (Fsp3) is 0.268. The fourth-order valence-electron chi connectivity index (χ4n) is 7.06. The molecule has 0 saturated carbocycles. The normalized spacial score (nSPS) is 11.8. The summed E-state index contributed by atoms with van der Waals surface area (Å²) < 4.78 is 35.5. The highest BCUT2D eigenvalue weighted by Crippen LogP contribution is 2.38. The first-order valence-corrected chi connectivity index (χ1v) is 17.1. The molecule has 5 aromatic carbocycles. The van der Waals surface area contributed by atoms with E-state index in [2.05, 4.69) is 116 Å². The van der Waals surface area contributed by atoms with E-state index in [9.17, 15) is 13.0 Å². The van der Waals surface area contributed by atoms with E-state index in [1.807, 2.05) is 12.1 Å². The highest BCUT2D eigenvalue weighted by atomic mass is 32.2. The molecule has 1 N–H and O–H groups in total. The molecule has 45 heavy (non-hydrogen) atoms. The van der Waals surface area contributed by atoms with Crippen LogP contribution in [0.5, 0.6) is 0 Å². The second-order valence-corrected chi connectivity index (χ2v) is 14.3. The fourth-order valence-corrected chi connectivity index (χ4v) is 7.79. The minimum atomic E-state index is -4.44. The number of hydrogen-bond donors (Lipinski definition) is 1. The van der Waals surface area contributed by atoms with Gasteiger partial charge in [-0.25, -0.2) is 0 Å². The summed E-state index contributed by atoms with van der Waals surface area (Å²) in [6.45, 7) is 17.2. The zero-order chi connectivity index (χ0) is 32.6. The standard InChI is InChI=1S/C41H44O3S/c1-25-17-29(5)38(30(6)18-25)23-33-13-15-35(21-27(33)3)41(37-11-9-10-12-40(37)45(42,43)44)36-16-14-34(28(4)22-36)24-39-31(7)19-26(2)20-32(39)8/h9-22,41H,23-24H2,1-8H3,(H,42,43,44). The van der Waals surface area contributed by atoms with Gasteiger partial charge in [0.2, 0.25) is 0 Å². The lowest BCUT2D eigenvalue weighted by Crippen LogP contribution is -2.11. The zero-order valence-corrected chi connectivity index (χ0v) is 28.6. The van der Waals surface area contributed by atoms with Crippen molar-refractivity contribution in [3.8, 4) is 0 Å². The van der Waals surface area contributed by atoms with E-state index < -0.39 is 10.1 Å². The van der Waals surface area contributed by atoms with E-state index in [1.165, 1.54) is 61.7 Å². The van der Waals surface area contributed by atoms with Crippen LogP contribution in [-0.2, 0) is 23.0 Å². The second-order valence-electron chi connectivity index (χ2n) is 12.9. The molecule has 3 nitrogen and oxygen atoms in total. The van der Waals surface area contributed by atoms with Crippen LogP contribution in [-0.4, -0.2) is 13.0 Å². The molecular weight excluding hydrogens is 573 g/mol. The van der Waals surface area contributed by atoms with Crippen LogP contribution in [0.4, 0.5) is 0 Å². The highest BCUT2D eigenvalue weighted by molar-refractivity contribution is 7.85. The Morgan fingerprint density at radius 3 is 1.31 bits per heavy atom. The molecule has 0 radical (unpaired) electrons. The molecular formula is C41H44O3S. The molecule has 0 atom stereocenters. The Hall–Kier alpha value is -3.99. The van der Waals surface area contributed by atoms with Crippen molar-refractivity contribution in [1.29, 1.82) is 0 Å². The van der Waals surface area contributed by atoms with Crippen molar-refractivity contribution in [1.82, 2.24) is 0 Å². The van der Waals surface area contributed by atoms with Gasteiger partial charge in [0.05, 0.1) is 4.90 Å². The molecule has 5 aromatic rings. The molecule has 0 spiro atoms. The zero-order valence-electron chi connectivity index (χ0n) is 27.7. The van der Waals surface area contributed by atoms with Crippen LogP contribution in [0.25, 0.3) is 0 Å². The molecule has 0 heterocycles. The van der Waals surface area contributed by atoms with E-state index in [-0.39, 0.29) is 10.8 Å². The third-order valence-electron chi connectivity index (χ3n) is 9.32. The van der Waals surface area contributed by atoms with Crippen LogP contribution in [0.1, 0.15) is 89.4 Å². The Morgan fingerprint density at radius 1 is 0.533 bits per heavy atom. The monoisotopic (exact) mass is 616 g/mol. The summed E-state index contributed by atoms with van der Waals surface area (Å²) >= 11 is 0. The van der Waals surface area contributed by atoms with E-state index in [1.54, 1.807) is 6.07 Å². The molecule has 0 unspecified atom stereocenters. The van der Waals surface area contributed by atoms with E-state index in [0.717, 1.165) is 35.1 Å². The van der Waals surface area contributed by atoms with Crippen molar-refractivity contribution in [3.63, 3.8) is 0 Å². The summed E-state index contributed by atoms with van der Waals surface area (Å²) in [7, 11) is -4.44. The lowest BCUT2D eigenvalue weighted by atomic mass is 9.82. The van der Waals surface area contributed by atoms with Crippen molar-refractivity contribution in [2.45, 2.75) is 79.0 Å². The van der Waals surface area contributed by atoms with E-state index in [0.29, 0.717) is 5.56 Å². The summed E-state index contributed by atoms with van der Waals surface area (Å²) in [4.78, 5) is -0.0599. The minimum Gasteiger partial charge on any atom is -0.282 e. The summed E-state index contributed by atoms with van der Waals surface area (Å²) in [5.74, 6) is -0.380. The molecule has 4 heteroatoms. The smallest absolute Gasteiger partial charge is 0.282 e. The number of benzene rings is 5. The maximum absolute atomic E-state index is 12.6. The van der Waals surface area contributed by atoms with Crippen molar-refractivity contribution in [2.75, 3.05) is 0 Å². The highest BCUT2D eigenvalue weighted by Gasteiger charge is 2.26. The maximum atomic E-state index is 12.6. The minimum absolute atomic E-state index is 0.0599. The lowest BCUT2D eigenvalue weighted by molar-refractivity contribution is 0.482. The Labute approximate surface area is 269 Å². The second kappa shape index (κ2) is 12.8.